The van der Waals surface area contributed by atoms with Crippen molar-refractivity contribution in [2.75, 3.05) is 113 Å². The minimum atomic E-state index is 0.0859. The van der Waals surface area contributed by atoms with Crippen LogP contribution in [0.5, 0.6) is 0 Å². The van der Waals surface area contributed by atoms with Gasteiger partial charge in [0.25, 0.3) is 0 Å². The van der Waals surface area contributed by atoms with E-state index in [2.05, 4.69) is 131 Å². The summed E-state index contributed by atoms with van der Waals surface area (Å²) < 4.78 is 10.4. The molecule has 0 aliphatic heterocycles. The maximum absolute atomic E-state index is 11.2. The smallest absolute Gasteiger partial charge is 0.223 e. The Balaban J connectivity index is -0.000000343. The highest BCUT2D eigenvalue weighted by molar-refractivity contribution is 5.78. The molecule has 0 saturated heterocycles. The summed E-state index contributed by atoms with van der Waals surface area (Å²) >= 11 is 0. The second-order valence-corrected chi connectivity index (χ2v) is 15.0. The van der Waals surface area contributed by atoms with E-state index in [-0.39, 0.29) is 11.8 Å². The minimum Gasteiger partial charge on any atom is -0.384 e. The van der Waals surface area contributed by atoms with Crippen molar-refractivity contribution in [2.45, 2.75) is 107 Å². The number of hydrogen-bond acceptors (Lipinski definition) is 18. The highest BCUT2D eigenvalue weighted by atomic mass is 16.5. The molecule has 0 saturated carbocycles. The van der Waals surface area contributed by atoms with Gasteiger partial charge in [0, 0.05) is 106 Å². The number of carbonyl (C=O) groups excluding carboxylic acids is 1. The molecule has 1 amide bonds. The van der Waals surface area contributed by atoms with Crippen LogP contribution in [-0.4, -0.2) is 125 Å². The Morgan fingerprint density at radius 2 is 1.05 bits per heavy atom. The van der Waals surface area contributed by atoms with E-state index in [0.29, 0.717) is 64.6 Å². The third-order valence-electron chi connectivity index (χ3n) is 9.30. The molecule has 0 spiro atoms. The number of nitrogens with one attached hydrogen (secondary N) is 11. The van der Waals surface area contributed by atoms with Crippen LogP contribution in [0.15, 0.2) is 24.3 Å². The second-order valence-electron chi connectivity index (χ2n) is 15.0. The molecule has 62 heavy (non-hydrogen) atoms. The lowest BCUT2D eigenvalue weighted by Gasteiger charge is -2.11. The van der Waals surface area contributed by atoms with Crippen LogP contribution in [0.1, 0.15) is 105 Å². The number of nitrogens with two attached hydrogens (primary N) is 5. The molecule has 5 atom stereocenters. The molecule has 19 heteroatoms. The van der Waals surface area contributed by atoms with Gasteiger partial charge in [-0.05, 0) is 61.6 Å². The summed E-state index contributed by atoms with van der Waals surface area (Å²) in [5.74, 6) is 2.15. The number of carbonyl (C=O) groups is 1. The topological polar surface area (TPSA) is 298 Å². The van der Waals surface area contributed by atoms with E-state index in [4.69, 9.17) is 38.1 Å². The van der Waals surface area contributed by atoms with Gasteiger partial charge >= 0.3 is 0 Å². The van der Waals surface area contributed by atoms with Crippen molar-refractivity contribution in [2.24, 2.45) is 46.4 Å². The molecule has 0 bridgehead atoms. The van der Waals surface area contributed by atoms with Crippen molar-refractivity contribution in [3.8, 4) is 0 Å². The molecule has 0 radical (unpaired) electrons. The van der Waals surface area contributed by atoms with Crippen LogP contribution in [0.25, 0.3) is 0 Å². The van der Waals surface area contributed by atoms with Crippen molar-refractivity contribution in [1.82, 2.24) is 58.5 Å². The Labute approximate surface area is 379 Å². The number of ether oxygens (including phenoxy) is 2. The normalized spacial score (nSPS) is 13.0. The van der Waals surface area contributed by atoms with Crippen LogP contribution in [0.3, 0.4) is 0 Å². The van der Waals surface area contributed by atoms with E-state index >= 15 is 0 Å². The van der Waals surface area contributed by atoms with Gasteiger partial charge in [0.05, 0.1) is 19.4 Å². The molecule has 372 valence electrons. The van der Waals surface area contributed by atoms with Crippen LogP contribution >= 0.6 is 0 Å². The minimum absolute atomic E-state index is 0.0859. The molecule has 1 aromatic rings. The molecule has 19 nitrogen and oxygen atoms in total. The third-order valence-corrected chi connectivity index (χ3v) is 9.30. The lowest BCUT2D eigenvalue weighted by Crippen LogP contribution is -2.41. The molecule has 1 rings (SSSR count). The number of rotatable bonds is 35. The van der Waals surface area contributed by atoms with Gasteiger partial charge < -0.3 is 64.7 Å². The zero-order valence-corrected chi connectivity index (χ0v) is 41.2. The fraction of sp³-hybridized carbons (Fsp3) is 0.837. The molecule has 5 unspecified atom stereocenters. The summed E-state index contributed by atoms with van der Waals surface area (Å²) in [6.45, 7) is 31.2. The highest BCUT2D eigenvalue weighted by Gasteiger charge is 2.08. The Kier molecular flexibility index (Phi) is 59.2. The monoisotopic (exact) mass is 891 g/mol. The van der Waals surface area contributed by atoms with Crippen molar-refractivity contribution in [1.29, 1.82) is 0 Å². The van der Waals surface area contributed by atoms with E-state index < -0.39 is 0 Å². The largest absolute Gasteiger partial charge is 0.384 e. The van der Waals surface area contributed by atoms with Crippen LogP contribution < -0.4 is 87.2 Å². The molecule has 0 fully saturated rings. The molecule has 0 heterocycles. The summed E-state index contributed by atoms with van der Waals surface area (Å²) in [6, 6.07) is 8.83. The zero-order valence-electron chi connectivity index (χ0n) is 41.2. The summed E-state index contributed by atoms with van der Waals surface area (Å²) in [5.41, 5.74) is 28.9. The number of methoxy groups -OCH3 is 1. The van der Waals surface area contributed by atoms with Gasteiger partial charge in [0.1, 0.15) is 0 Å². The van der Waals surface area contributed by atoms with Crippen molar-refractivity contribution < 1.29 is 14.3 Å². The van der Waals surface area contributed by atoms with Gasteiger partial charge in [0.2, 0.25) is 5.91 Å². The predicted molar refractivity (Wildman–Crippen MR) is 263 cm³/mol. The maximum Gasteiger partial charge on any atom is 0.223 e. The molecular formula is C43H102N16O3. The fourth-order valence-corrected chi connectivity index (χ4v) is 4.44. The van der Waals surface area contributed by atoms with Crippen LogP contribution in [0.4, 0.5) is 0 Å². The van der Waals surface area contributed by atoms with E-state index in [1.165, 1.54) is 24.0 Å². The third kappa shape index (κ3) is 52.4. The first-order chi connectivity index (χ1) is 29.9. The first-order valence-corrected chi connectivity index (χ1v) is 23.0. The second kappa shape index (κ2) is 55.1. The van der Waals surface area contributed by atoms with Crippen molar-refractivity contribution in [3.05, 3.63) is 35.4 Å². The quantitative estimate of drug-likeness (QED) is 0.0319. The number of hydrogen-bond donors (Lipinski definition) is 16. The van der Waals surface area contributed by atoms with Gasteiger partial charge in [0.15, 0.2) is 0 Å². The molecule has 0 aliphatic carbocycles. The van der Waals surface area contributed by atoms with E-state index in [0.717, 1.165) is 84.8 Å². The predicted octanol–water partition coefficient (Wildman–Crippen LogP) is 0.174. The van der Waals surface area contributed by atoms with Gasteiger partial charge in [-0.25, -0.2) is 0 Å². The number of benzene rings is 1. The summed E-state index contributed by atoms with van der Waals surface area (Å²) in [4.78, 5) is 11.2. The maximum atomic E-state index is 11.2. The van der Waals surface area contributed by atoms with Gasteiger partial charge in [-0.3, -0.25) is 36.7 Å². The average molecular weight is 891 g/mol. The molecule has 0 aliphatic rings. The van der Waals surface area contributed by atoms with E-state index in [1.54, 1.807) is 7.11 Å². The molecule has 1 aromatic carbocycles. The van der Waals surface area contributed by atoms with Crippen LogP contribution in [0, 0.1) is 17.8 Å². The van der Waals surface area contributed by atoms with Crippen molar-refractivity contribution >= 4 is 5.91 Å². The summed E-state index contributed by atoms with van der Waals surface area (Å²) in [5, 5.41) is 33.4. The lowest BCUT2D eigenvalue weighted by molar-refractivity contribution is -0.124. The standard InChI is InChI=1S/C13H23N3.C8H20N4O.C8H21N3O.C7H19N3O.C7H19N3/c1-3-11(2)13-6-4-12(5-7-13)8-15-10-16-9-14;1-3-7(2)8(13)12-6-11-5-10-4-9;1-3-8(2)12-5-4-10-7-11-6-9;1-7(4-11-2)3-9-6-10-5-8;1-3-7(2)4-9-6-10-5-8/h4-7,11,15-16H,3,8-10,14H2,1-2H3;7,10-11H,3-6,9H2,1-2H3,(H,12,13);8,10-11H,3-7,9H2,1-2H3;7,9-10H,3-6,8H2,1-2H3;7,9-10H,3-6,8H2,1-2H3. The highest BCUT2D eigenvalue weighted by Crippen LogP contribution is 2.18. The summed E-state index contributed by atoms with van der Waals surface area (Å²) in [7, 11) is 1.72. The van der Waals surface area contributed by atoms with Gasteiger partial charge in [-0.1, -0.05) is 86.1 Å². The Bertz CT molecular complexity index is 991. The first-order valence-electron chi connectivity index (χ1n) is 23.0. The summed E-state index contributed by atoms with van der Waals surface area (Å²) in [6.07, 6.45) is 4.73. The zero-order chi connectivity index (χ0) is 47.5. The average Bonchev–Trinajstić information content (AvgIpc) is 3.29. The Hall–Kier alpha value is -1.99. The molecular weight excluding hydrogens is 789 g/mol. The van der Waals surface area contributed by atoms with Crippen LogP contribution in [-0.2, 0) is 20.8 Å². The van der Waals surface area contributed by atoms with E-state index in [1.807, 2.05) is 13.8 Å². The van der Waals surface area contributed by atoms with Crippen molar-refractivity contribution in [3.63, 3.8) is 0 Å². The van der Waals surface area contributed by atoms with E-state index in [9.17, 15) is 4.79 Å². The van der Waals surface area contributed by atoms with Gasteiger partial charge in [-0.15, -0.1) is 0 Å². The Morgan fingerprint density at radius 1 is 0.565 bits per heavy atom. The SMILES string of the molecule is CCC(C)C(=O)NCNCNCN.CCC(C)CNCNCN.CCC(C)OCCNCNCN.CCC(C)c1ccc(CNCNCN)cc1.COCC(C)CNCNCN. The van der Waals surface area contributed by atoms with Gasteiger partial charge in [-0.2, -0.15) is 0 Å². The Morgan fingerprint density at radius 3 is 1.50 bits per heavy atom. The molecule has 0 aromatic heterocycles. The fourth-order valence-electron chi connectivity index (χ4n) is 4.44. The number of amides is 1. The first kappa shape index (κ1) is 66.6. The molecule has 21 N–H and O–H groups in total. The van der Waals surface area contributed by atoms with Crippen LogP contribution in [0.2, 0.25) is 0 Å². The lowest BCUT2D eigenvalue weighted by atomic mass is 9.98.